The van der Waals surface area contributed by atoms with Crippen LogP contribution >= 0.6 is 11.6 Å². The zero-order chi connectivity index (χ0) is 13.8. The molecule has 1 aromatic carbocycles. The van der Waals surface area contributed by atoms with Gasteiger partial charge in [0.2, 0.25) is 0 Å². The van der Waals surface area contributed by atoms with Gasteiger partial charge in [-0.2, -0.15) is 0 Å². The first kappa shape index (κ1) is 13.5. The molecule has 0 aliphatic carbocycles. The van der Waals surface area contributed by atoms with Gasteiger partial charge in [-0.25, -0.2) is 9.97 Å². The number of benzene rings is 1. The molecule has 1 aromatic heterocycles. The highest BCUT2D eigenvalue weighted by atomic mass is 35.5. The molecule has 1 N–H and O–H groups in total. The first-order valence-corrected chi connectivity index (χ1v) is 6.36. The van der Waals surface area contributed by atoms with Crippen molar-refractivity contribution in [3.8, 4) is 0 Å². The van der Waals surface area contributed by atoms with Crippen molar-refractivity contribution in [2.24, 2.45) is 0 Å². The van der Waals surface area contributed by atoms with Crippen molar-refractivity contribution in [2.75, 3.05) is 5.32 Å². The number of halogens is 1. The van der Waals surface area contributed by atoms with E-state index in [0.717, 1.165) is 23.4 Å². The van der Waals surface area contributed by atoms with Crippen molar-refractivity contribution in [3.63, 3.8) is 0 Å². The van der Waals surface area contributed by atoms with E-state index in [1.54, 1.807) is 24.3 Å². The minimum absolute atomic E-state index is 0.248. The van der Waals surface area contributed by atoms with E-state index in [0.29, 0.717) is 10.7 Å². The van der Waals surface area contributed by atoms with Gasteiger partial charge in [-0.3, -0.25) is 4.79 Å². The summed E-state index contributed by atoms with van der Waals surface area (Å²) in [6.45, 7) is 3.87. The molecule has 0 bridgehead atoms. The molecule has 19 heavy (non-hydrogen) atoms. The molecule has 0 aliphatic heterocycles. The highest BCUT2D eigenvalue weighted by Crippen LogP contribution is 2.20. The highest BCUT2D eigenvalue weighted by Gasteiger charge is 2.10. The van der Waals surface area contributed by atoms with Gasteiger partial charge in [0.1, 0.15) is 12.0 Å². The average Bonchev–Trinajstić information content (AvgIpc) is 2.42. The Morgan fingerprint density at radius 2 is 2.11 bits per heavy atom. The Morgan fingerprint density at radius 3 is 2.79 bits per heavy atom. The molecule has 4 nitrogen and oxygen atoms in total. The highest BCUT2D eigenvalue weighted by molar-refractivity contribution is 6.30. The summed E-state index contributed by atoms with van der Waals surface area (Å²) in [5.41, 5.74) is 2.84. The van der Waals surface area contributed by atoms with Gasteiger partial charge in [-0.15, -0.1) is 0 Å². The lowest BCUT2D eigenvalue weighted by Gasteiger charge is -2.08. The Balaban J connectivity index is 2.20. The van der Waals surface area contributed by atoms with E-state index < -0.39 is 0 Å². The number of carbonyl (C=O) groups is 1. The fourth-order valence-electron chi connectivity index (χ4n) is 1.67. The summed E-state index contributed by atoms with van der Waals surface area (Å²) < 4.78 is 0. The van der Waals surface area contributed by atoms with Gasteiger partial charge in [-0.1, -0.05) is 18.5 Å². The zero-order valence-corrected chi connectivity index (χ0v) is 11.5. The maximum absolute atomic E-state index is 12.1. The smallest absolute Gasteiger partial charge is 0.274 e. The van der Waals surface area contributed by atoms with E-state index in [1.807, 2.05) is 13.8 Å². The Labute approximate surface area is 116 Å². The van der Waals surface area contributed by atoms with E-state index in [-0.39, 0.29) is 5.91 Å². The lowest BCUT2D eigenvalue weighted by atomic mass is 10.2. The summed E-state index contributed by atoms with van der Waals surface area (Å²) in [4.78, 5) is 20.1. The lowest BCUT2D eigenvalue weighted by molar-refractivity contribution is 0.102. The second kappa shape index (κ2) is 5.80. The predicted octanol–water partition coefficient (Wildman–Crippen LogP) is 3.25. The molecule has 0 spiro atoms. The van der Waals surface area contributed by atoms with E-state index in [1.165, 1.54) is 6.33 Å². The van der Waals surface area contributed by atoms with Crippen molar-refractivity contribution in [3.05, 3.63) is 52.6 Å². The van der Waals surface area contributed by atoms with E-state index in [2.05, 4.69) is 15.3 Å². The molecule has 1 amide bonds. The molecule has 0 saturated carbocycles. The summed E-state index contributed by atoms with van der Waals surface area (Å²) >= 11 is 5.88. The molecule has 0 saturated heterocycles. The van der Waals surface area contributed by atoms with Crippen LogP contribution in [0.4, 0.5) is 5.69 Å². The zero-order valence-electron chi connectivity index (χ0n) is 10.8. The van der Waals surface area contributed by atoms with Crippen LogP contribution in [0.3, 0.4) is 0 Å². The predicted molar refractivity (Wildman–Crippen MR) is 75.6 cm³/mol. The summed E-state index contributed by atoms with van der Waals surface area (Å²) in [6, 6.07) is 7.01. The number of carbonyl (C=O) groups excluding carboxylic acids is 1. The van der Waals surface area contributed by atoms with Gasteiger partial charge in [0.25, 0.3) is 5.91 Å². The molecule has 98 valence electrons. The number of nitrogens with zero attached hydrogens (tertiary/aromatic N) is 2. The Hall–Kier alpha value is -1.94. The summed E-state index contributed by atoms with van der Waals surface area (Å²) in [6.07, 6.45) is 2.17. The molecular weight excluding hydrogens is 262 g/mol. The van der Waals surface area contributed by atoms with E-state index in [9.17, 15) is 4.79 Å². The molecular formula is C14H14ClN3O. The maximum atomic E-state index is 12.1. The van der Waals surface area contributed by atoms with Crippen LogP contribution in [0.2, 0.25) is 5.02 Å². The molecule has 0 aliphatic rings. The van der Waals surface area contributed by atoms with Crippen molar-refractivity contribution >= 4 is 23.2 Å². The number of rotatable bonds is 3. The lowest BCUT2D eigenvalue weighted by Crippen LogP contribution is -2.15. The topological polar surface area (TPSA) is 54.9 Å². The molecule has 5 heteroatoms. The number of amides is 1. The van der Waals surface area contributed by atoms with Crippen LogP contribution in [0, 0.1) is 6.92 Å². The first-order chi connectivity index (χ1) is 9.10. The van der Waals surface area contributed by atoms with Crippen LogP contribution in [0.25, 0.3) is 0 Å². The van der Waals surface area contributed by atoms with Gasteiger partial charge >= 0.3 is 0 Å². The Kier molecular flexibility index (Phi) is 4.12. The second-order valence-corrected chi connectivity index (χ2v) is 4.60. The third-order valence-corrected chi connectivity index (χ3v) is 2.99. The molecule has 0 radical (unpaired) electrons. The molecule has 2 rings (SSSR count). The van der Waals surface area contributed by atoms with Gasteiger partial charge < -0.3 is 5.32 Å². The molecule has 0 fully saturated rings. The monoisotopic (exact) mass is 275 g/mol. The number of hydrogen-bond donors (Lipinski definition) is 1. The summed E-state index contributed by atoms with van der Waals surface area (Å²) in [5, 5.41) is 3.46. The fourth-order valence-corrected chi connectivity index (χ4v) is 1.90. The normalized spacial score (nSPS) is 10.3. The quantitative estimate of drug-likeness (QED) is 0.935. The van der Waals surface area contributed by atoms with Crippen LogP contribution in [0.1, 0.15) is 28.7 Å². The van der Waals surface area contributed by atoms with Crippen LogP contribution in [0.5, 0.6) is 0 Å². The molecule has 1 heterocycles. The van der Waals surface area contributed by atoms with Crippen molar-refractivity contribution in [1.82, 2.24) is 9.97 Å². The molecule has 2 aromatic rings. The van der Waals surface area contributed by atoms with Crippen LogP contribution in [-0.2, 0) is 6.42 Å². The van der Waals surface area contributed by atoms with E-state index >= 15 is 0 Å². The Morgan fingerprint density at radius 1 is 1.32 bits per heavy atom. The molecule has 0 unspecified atom stereocenters. The number of nitrogens with one attached hydrogen (secondary N) is 1. The summed E-state index contributed by atoms with van der Waals surface area (Å²) in [5.74, 6) is -0.248. The van der Waals surface area contributed by atoms with Crippen molar-refractivity contribution in [1.29, 1.82) is 0 Å². The second-order valence-electron chi connectivity index (χ2n) is 4.16. The molecule has 0 atom stereocenters. The summed E-state index contributed by atoms with van der Waals surface area (Å²) in [7, 11) is 0. The minimum Gasteiger partial charge on any atom is -0.320 e. The largest absolute Gasteiger partial charge is 0.320 e. The maximum Gasteiger partial charge on any atom is 0.274 e. The number of aryl methyl sites for hydroxylation is 2. The third kappa shape index (κ3) is 3.29. The SMILES string of the molecule is CCc1cc(C(=O)Nc2ccc(Cl)cc2C)ncn1. The minimum atomic E-state index is -0.248. The van der Waals surface area contributed by atoms with Crippen LogP contribution in [-0.4, -0.2) is 15.9 Å². The van der Waals surface area contributed by atoms with Gasteiger partial charge in [0.05, 0.1) is 0 Å². The van der Waals surface area contributed by atoms with Gasteiger partial charge in [0, 0.05) is 16.4 Å². The van der Waals surface area contributed by atoms with E-state index in [4.69, 9.17) is 11.6 Å². The standard InChI is InChI=1S/C14H14ClN3O/c1-3-11-7-13(17-8-16-11)14(19)18-12-5-4-10(15)6-9(12)2/h4-8H,3H2,1-2H3,(H,18,19). The average molecular weight is 276 g/mol. The number of hydrogen-bond acceptors (Lipinski definition) is 3. The van der Waals surface area contributed by atoms with Gasteiger partial charge in [0.15, 0.2) is 0 Å². The van der Waals surface area contributed by atoms with Crippen LogP contribution in [0.15, 0.2) is 30.6 Å². The Bertz CT molecular complexity index is 613. The van der Waals surface area contributed by atoms with Crippen molar-refractivity contribution < 1.29 is 4.79 Å². The first-order valence-electron chi connectivity index (χ1n) is 5.98. The third-order valence-electron chi connectivity index (χ3n) is 2.76. The van der Waals surface area contributed by atoms with Gasteiger partial charge in [-0.05, 0) is 43.2 Å². The number of anilines is 1. The van der Waals surface area contributed by atoms with Crippen LogP contribution < -0.4 is 5.32 Å². The van der Waals surface area contributed by atoms with Crippen molar-refractivity contribution in [2.45, 2.75) is 20.3 Å². The number of aromatic nitrogens is 2. The fraction of sp³-hybridized carbons (Fsp3) is 0.214.